The number of nitrogens with zero attached hydrogens (tertiary/aromatic N) is 6. The lowest BCUT2D eigenvalue weighted by Gasteiger charge is -2.19. The number of alkyl halides is 2. The minimum absolute atomic E-state index is 0.0309. The number of aryl methyl sites for hydroxylation is 1. The molecule has 1 saturated carbocycles. The molecule has 3 aromatic rings. The van der Waals surface area contributed by atoms with E-state index in [-0.39, 0.29) is 24.6 Å². The average Bonchev–Trinajstić information content (AvgIpc) is 3.12. The minimum Gasteiger partial charge on any atom is -0.337 e. The second-order valence-electron chi connectivity index (χ2n) is 8.13. The average molecular weight is 441 g/mol. The van der Waals surface area contributed by atoms with Gasteiger partial charge in [0.1, 0.15) is 18.2 Å². The van der Waals surface area contributed by atoms with Gasteiger partial charge in [-0.1, -0.05) is 30.3 Å². The molecule has 5 rings (SSSR count). The molecule has 0 radical (unpaired) electrons. The van der Waals surface area contributed by atoms with Crippen molar-refractivity contribution in [1.82, 2.24) is 29.9 Å². The monoisotopic (exact) mass is 441 g/mol. The van der Waals surface area contributed by atoms with Crippen LogP contribution in [0.25, 0.3) is 0 Å². The summed E-state index contributed by atoms with van der Waals surface area (Å²) in [6.07, 6.45) is 1.52. The molecule has 2 atom stereocenters. The molecule has 3 heterocycles. The van der Waals surface area contributed by atoms with Crippen LogP contribution in [0.1, 0.15) is 40.6 Å². The van der Waals surface area contributed by atoms with Crippen molar-refractivity contribution < 1.29 is 18.4 Å². The summed E-state index contributed by atoms with van der Waals surface area (Å²) >= 11 is 0. The normalized spacial score (nSPS) is 21.7. The van der Waals surface area contributed by atoms with Gasteiger partial charge in [-0.2, -0.15) is 5.10 Å². The molecule has 1 unspecified atom stereocenters. The van der Waals surface area contributed by atoms with E-state index in [4.69, 9.17) is 0 Å². The predicted molar refractivity (Wildman–Crippen MR) is 109 cm³/mol. The van der Waals surface area contributed by atoms with Crippen LogP contribution in [0.4, 0.5) is 14.6 Å². The first-order chi connectivity index (χ1) is 15.3. The van der Waals surface area contributed by atoms with Gasteiger partial charge in [0.2, 0.25) is 5.82 Å². The maximum Gasteiger partial charge on any atom is 0.291 e. The Bertz CT molecular complexity index is 1170. The van der Waals surface area contributed by atoms with Crippen molar-refractivity contribution in [2.45, 2.75) is 43.8 Å². The van der Waals surface area contributed by atoms with E-state index in [2.05, 4.69) is 20.5 Å². The fourth-order valence-electron chi connectivity index (χ4n) is 3.89. The largest absolute Gasteiger partial charge is 0.337 e. The molecule has 0 saturated heterocycles. The van der Waals surface area contributed by atoms with Gasteiger partial charge in [0.05, 0.1) is 18.2 Å². The van der Waals surface area contributed by atoms with E-state index in [1.165, 1.54) is 17.3 Å². The van der Waals surface area contributed by atoms with Crippen LogP contribution in [-0.4, -0.2) is 55.4 Å². The van der Waals surface area contributed by atoms with E-state index < -0.39 is 23.8 Å². The van der Waals surface area contributed by atoms with Gasteiger partial charge in [-0.3, -0.25) is 14.5 Å². The first kappa shape index (κ1) is 20.3. The fourth-order valence-corrected chi connectivity index (χ4v) is 3.89. The van der Waals surface area contributed by atoms with Gasteiger partial charge in [0.25, 0.3) is 17.7 Å². The highest BCUT2D eigenvalue weighted by Gasteiger charge is 2.59. The number of aromatic nitrogens is 5. The zero-order chi connectivity index (χ0) is 22.5. The van der Waals surface area contributed by atoms with E-state index in [9.17, 15) is 18.4 Å². The van der Waals surface area contributed by atoms with Gasteiger partial charge in [0.15, 0.2) is 0 Å². The molecule has 1 aromatic carbocycles. The molecule has 11 heteroatoms. The van der Waals surface area contributed by atoms with E-state index >= 15 is 0 Å². The quantitative estimate of drug-likeness (QED) is 0.651. The number of nitrogens with one attached hydrogen (secondary N) is 1. The lowest BCUT2D eigenvalue weighted by atomic mass is 10.2. The number of carbonyl (C=O) groups is 2. The SMILES string of the molecule is CN1C(=O)C(NC(=O)c2ncn(Cc3ccccc3)n2)CCn2nc([C@H]3CC3(F)F)cc21. The summed E-state index contributed by atoms with van der Waals surface area (Å²) in [5.41, 5.74) is 1.31. The smallest absolute Gasteiger partial charge is 0.291 e. The van der Waals surface area contributed by atoms with Gasteiger partial charge >= 0.3 is 0 Å². The van der Waals surface area contributed by atoms with E-state index in [0.29, 0.717) is 24.6 Å². The van der Waals surface area contributed by atoms with Crippen molar-refractivity contribution in [3.63, 3.8) is 0 Å². The maximum absolute atomic E-state index is 13.4. The predicted octanol–water partition coefficient (Wildman–Crippen LogP) is 1.81. The Morgan fingerprint density at radius 2 is 2.00 bits per heavy atom. The molecule has 1 aliphatic heterocycles. The summed E-state index contributed by atoms with van der Waals surface area (Å²) in [5.74, 6) is -4.11. The highest BCUT2D eigenvalue weighted by atomic mass is 19.3. The molecule has 166 valence electrons. The molecular formula is C21H21F2N7O2. The highest BCUT2D eigenvalue weighted by Crippen LogP contribution is 2.55. The number of fused-ring (bicyclic) bond motifs is 1. The number of likely N-dealkylation sites (N-methyl/N-ethyl adjacent to an activating group) is 1. The lowest BCUT2D eigenvalue weighted by Crippen LogP contribution is -2.47. The highest BCUT2D eigenvalue weighted by molar-refractivity contribution is 6.00. The Morgan fingerprint density at radius 1 is 1.25 bits per heavy atom. The number of hydrogen-bond donors (Lipinski definition) is 1. The van der Waals surface area contributed by atoms with Crippen LogP contribution in [0.3, 0.4) is 0 Å². The van der Waals surface area contributed by atoms with Crippen molar-refractivity contribution in [3.8, 4) is 0 Å². The van der Waals surface area contributed by atoms with Crippen molar-refractivity contribution in [2.75, 3.05) is 11.9 Å². The number of anilines is 1. The van der Waals surface area contributed by atoms with E-state index in [0.717, 1.165) is 5.56 Å². The Morgan fingerprint density at radius 3 is 2.72 bits per heavy atom. The third-order valence-corrected chi connectivity index (χ3v) is 5.79. The van der Waals surface area contributed by atoms with Crippen LogP contribution < -0.4 is 10.2 Å². The van der Waals surface area contributed by atoms with Gasteiger partial charge in [-0.25, -0.2) is 23.1 Å². The number of amides is 2. The molecule has 32 heavy (non-hydrogen) atoms. The van der Waals surface area contributed by atoms with Crippen LogP contribution in [0.15, 0.2) is 42.7 Å². The number of hydrogen-bond acceptors (Lipinski definition) is 5. The van der Waals surface area contributed by atoms with E-state index in [1.54, 1.807) is 16.4 Å². The number of carbonyl (C=O) groups excluding carboxylic acids is 2. The van der Waals surface area contributed by atoms with Gasteiger partial charge in [-0.05, 0) is 12.0 Å². The second kappa shape index (κ2) is 7.50. The molecule has 1 aliphatic carbocycles. The Balaban J connectivity index is 1.25. The lowest BCUT2D eigenvalue weighted by molar-refractivity contribution is -0.120. The Labute approximate surface area is 182 Å². The van der Waals surface area contributed by atoms with Gasteiger partial charge in [-0.15, -0.1) is 5.10 Å². The first-order valence-electron chi connectivity index (χ1n) is 10.3. The summed E-state index contributed by atoms with van der Waals surface area (Å²) in [7, 11) is 1.54. The van der Waals surface area contributed by atoms with Crippen molar-refractivity contribution in [2.24, 2.45) is 0 Å². The number of halogens is 2. The summed E-state index contributed by atoms with van der Waals surface area (Å²) < 4.78 is 29.9. The third-order valence-electron chi connectivity index (χ3n) is 5.79. The molecule has 0 spiro atoms. The van der Waals surface area contributed by atoms with Crippen LogP contribution in [0.5, 0.6) is 0 Å². The zero-order valence-electron chi connectivity index (χ0n) is 17.3. The zero-order valence-corrected chi connectivity index (χ0v) is 17.3. The van der Waals surface area contributed by atoms with Crippen molar-refractivity contribution in [3.05, 3.63) is 59.8 Å². The first-order valence-corrected chi connectivity index (χ1v) is 10.3. The summed E-state index contributed by atoms with van der Waals surface area (Å²) in [6, 6.07) is 10.4. The maximum atomic E-state index is 13.4. The van der Waals surface area contributed by atoms with Crippen LogP contribution in [-0.2, 0) is 17.9 Å². The van der Waals surface area contributed by atoms with Gasteiger partial charge < -0.3 is 5.32 Å². The molecule has 9 nitrogen and oxygen atoms in total. The molecule has 1 fully saturated rings. The number of benzene rings is 1. The van der Waals surface area contributed by atoms with E-state index in [1.807, 2.05) is 30.3 Å². The number of rotatable bonds is 5. The molecule has 2 amide bonds. The topological polar surface area (TPSA) is 97.9 Å². The fraction of sp³-hybridized carbons (Fsp3) is 0.381. The van der Waals surface area contributed by atoms with Crippen LogP contribution in [0.2, 0.25) is 0 Å². The second-order valence-corrected chi connectivity index (χ2v) is 8.13. The van der Waals surface area contributed by atoms with Crippen LogP contribution in [0, 0.1) is 0 Å². The summed E-state index contributed by atoms with van der Waals surface area (Å²) in [6.45, 7) is 0.778. The molecule has 0 bridgehead atoms. The Hall–Kier alpha value is -3.63. The minimum atomic E-state index is -2.73. The Kier molecular flexibility index (Phi) is 4.75. The molecular weight excluding hydrogens is 420 g/mol. The molecule has 2 aliphatic rings. The molecule has 2 aromatic heterocycles. The third kappa shape index (κ3) is 3.74. The van der Waals surface area contributed by atoms with Crippen LogP contribution >= 0.6 is 0 Å². The van der Waals surface area contributed by atoms with Crippen molar-refractivity contribution >= 4 is 17.6 Å². The summed E-state index contributed by atoms with van der Waals surface area (Å²) in [5, 5.41) is 11.2. The standard InChI is InChI=1S/C21H21F2N7O2/c1-28-17-9-16(14-10-21(14,22)23)26-30(17)8-7-15(20(28)32)25-19(31)18-24-12-29(27-18)11-13-5-3-2-4-6-13/h2-6,9,12,14-15H,7-8,10-11H2,1H3,(H,25,31)/t14-,15?/m1/s1. The summed E-state index contributed by atoms with van der Waals surface area (Å²) in [4.78, 5) is 31.0. The van der Waals surface area contributed by atoms with Crippen molar-refractivity contribution in [1.29, 1.82) is 0 Å². The molecule has 1 N–H and O–H groups in total. The van der Waals surface area contributed by atoms with Gasteiger partial charge in [0, 0.05) is 26.1 Å².